The number of ether oxygens (including phenoxy) is 1. The van der Waals surface area contributed by atoms with Crippen molar-refractivity contribution in [3.63, 3.8) is 0 Å². The second-order valence-corrected chi connectivity index (χ2v) is 8.61. The van der Waals surface area contributed by atoms with Crippen LogP contribution in [0.1, 0.15) is 47.2 Å². The van der Waals surface area contributed by atoms with E-state index in [0.717, 1.165) is 16.8 Å². The van der Waals surface area contributed by atoms with Crippen LogP contribution in [0.15, 0.2) is 47.6 Å². The standard InChI is InChI=1S/C24H29N5O3S/c1-6-29-22(17(4)25-23(31)18-9-11-19(32-5)12-10-18)27-28-24(29)33-14-21(30)26-20-13-15(2)7-8-16(20)3/h7-13,17H,6,14H2,1-5H3,(H,25,31)(H,26,30). The molecule has 2 amide bonds. The average Bonchev–Trinajstić information content (AvgIpc) is 3.23. The molecule has 0 aliphatic carbocycles. The molecule has 8 nitrogen and oxygen atoms in total. The van der Waals surface area contributed by atoms with E-state index in [0.29, 0.717) is 28.8 Å². The van der Waals surface area contributed by atoms with Gasteiger partial charge in [0.25, 0.3) is 5.91 Å². The zero-order valence-corrected chi connectivity index (χ0v) is 20.3. The fourth-order valence-electron chi connectivity index (χ4n) is 3.30. The van der Waals surface area contributed by atoms with E-state index in [1.807, 2.05) is 50.5 Å². The molecule has 3 aromatic rings. The Morgan fingerprint density at radius 1 is 1.12 bits per heavy atom. The molecule has 0 aliphatic heterocycles. The second-order valence-electron chi connectivity index (χ2n) is 7.66. The number of carbonyl (C=O) groups excluding carboxylic acids is 2. The number of rotatable bonds is 9. The number of benzene rings is 2. The number of nitrogens with zero attached hydrogens (tertiary/aromatic N) is 3. The van der Waals surface area contributed by atoms with Crippen LogP contribution in [-0.4, -0.2) is 39.4 Å². The van der Waals surface area contributed by atoms with Gasteiger partial charge in [-0.05, 0) is 69.2 Å². The van der Waals surface area contributed by atoms with Gasteiger partial charge in [0.1, 0.15) is 5.75 Å². The maximum Gasteiger partial charge on any atom is 0.251 e. The molecule has 1 unspecified atom stereocenters. The molecule has 1 atom stereocenters. The smallest absolute Gasteiger partial charge is 0.251 e. The molecule has 0 aliphatic rings. The highest BCUT2D eigenvalue weighted by molar-refractivity contribution is 7.99. The lowest BCUT2D eigenvalue weighted by Gasteiger charge is -2.15. The van der Waals surface area contributed by atoms with Gasteiger partial charge >= 0.3 is 0 Å². The predicted octanol–water partition coefficient (Wildman–Crippen LogP) is 4.15. The van der Waals surface area contributed by atoms with Gasteiger partial charge in [-0.3, -0.25) is 9.59 Å². The van der Waals surface area contributed by atoms with E-state index in [1.54, 1.807) is 31.4 Å². The first-order chi connectivity index (χ1) is 15.8. The van der Waals surface area contributed by atoms with E-state index in [4.69, 9.17) is 4.74 Å². The van der Waals surface area contributed by atoms with Crippen LogP contribution < -0.4 is 15.4 Å². The van der Waals surface area contributed by atoms with Gasteiger partial charge in [-0.1, -0.05) is 23.9 Å². The Kier molecular flexibility index (Phi) is 8.11. The summed E-state index contributed by atoms with van der Waals surface area (Å²) in [5.74, 6) is 1.21. The SMILES string of the molecule is CCn1c(SCC(=O)Nc2cc(C)ccc2C)nnc1C(C)NC(=O)c1ccc(OC)cc1. The van der Waals surface area contributed by atoms with Crippen molar-refractivity contribution in [1.29, 1.82) is 0 Å². The third-order valence-electron chi connectivity index (χ3n) is 5.15. The largest absolute Gasteiger partial charge is 0.497 e. The van der Waals surface area contributed by atoms with Gasteiger partial charge in [-0.25, -0.2) is 0 Å². The number of amides is 2. The fraction of sp³-hybridized carbons (Fsp3) is 0.333. The molecule has 0 saturated carbocycles. The van der Waals surface area contributed by atoms with Gasteiger partial charge in [0.2, 0.25) is 5.91 Å². The normalized spacial score (nSPS) is 11.7. The van der Waals surface area contributed by atoms with E-state index < -0.39 is 0 Å². The van der Waals surface area contributed by atoms with Crippen molar-refractivity contribution in [2.75, 3.05) is 18.2 Å². The molecule has 2 N–H and O–H groups in total. The third-order valence-corrected chi connectivity index (χ3v) is 6.12. The highest BCUT2D eigenvalue weighted by Crippen LogP contribution is 2.22. The van der Waals surface area contributed by atoms with Crippen LogP contribution in [0.4, 0.5) is 5.69 Å². The van der Waals surface area contributed by atoms with Crippen LogP contribution in [0.25, 0.3) is 0 Å². The minimum Gasteiger partial charge on any atom is -0.497 e. The van der Waals surface area contributed by atoms with Crippen molar-refractivity contribution in [2.24, 2.45) is 0 Å². The maximum atomic E-state index is 12.6. The van der Waals surface area contributed by atoms with Gasteiger partial charge in [0, 0.05) is 17.8 Å². The van der Waals surface area contributed by atoms with Crippen LogP contribution in [0, 0.1) is 13.8 Å². The molecule has 3 rings (SSSR count). The van der Waals surface area contributed by atoms with Crippen LogP contribution in [0.2, 0.25) is 0 Å². The molecule has 0 saturated heterocycles. The van der Waals surface area contributed by atoms with Crippen LogP contribution >= 0.6 is 11.8 Å². The zero-order chi connectivity index (χ0) is 24.0. The Labute approximate surface area is 198 Å². The molecule has 0 radical (unpaired) electrons. The molecule has 33 heavy (non-hydrogen) atoms. The summed E-state index contributed by atoms with van der Waals surface area (Å²) >= 11 is 1.32. The van der Waals surface area contributed by atoms with Crippen LogP contribution in [0.5, 0.6) is 5.75 Å². The lowest BCUT2D eigenvalue weighted by molar-refractivity contribution is -0.113. The summed E-state index contributed by atoms with van der Waals surface area (Å²) in [6.07, 6.45) is 0. The maximum absolute atomic E-state index is 12.6. The van der Waals surface area contributed by atoms with Crippen LogP contribution in [0.3, 0.4) is 0 Å². The van der Waals surface area contributed by atoms with E-state index in [1.165, 1.54) is 11.8 Å². The van der Waals surface area contributed by atoms with Gasteiger partial charge < -0.3 is 19.9 Å². The van der Waals surface area contributed by atoms with Crippen molar-refractivity contribution in [1.82, 2.24) is 20.1 Å². The molecule has 2 aromatic carbocycles. The van der Waals surface area contributed by atoms with Crippen molar-refractivity contribution >= 4 is 29.3 Å². The summed E-state index contributed by atoms with van der Waals surface area (Å²) in [6, 6.07) is 12.5. The number of aromatic nitrogens is 3. The first kappa shape index (κ1) is 24.3. The molecular formula is C24H29N5O3S. The Hall–Kier alpha value is -3.33. The molecule has 0 bridgehead atoms. The molecule has 9 heteroatoms. The van der Waals surface area contributed by atoms with E-state index in [2.05, 4.69) is 20.8 Å². The highest BCUT2D eigenvalue weighted by Gasteiger charge is 2.20. The minimum atomic E-state index is -0.356. The number of thioether (sulfide) groups is 1. The fourth-order valence-corrected chi connectivity index (χ4v) is 4.11. The van der Waals surface area contributed by atoms with Gasteiger partial charge in [0.05, 0.1) is 18.9 Å². The number of carbonyl (C=O) groups is 2. The third kappa shape index (κ3) is 6.13. The quantitative estimate of drug-likeness (QED) is 0.459. The Bertz CT molecular complexity index is 1130. The number of aryl methyl sites for hydroxylation is 2. The first-order valence-electron chi connectivity index (χ1n) is 10.7. The molecule has 1 aromatic heterocycles. The van der Waals surface area contributed by atoms with Crippen molar-refractivity contribution < 1.29 is 14.3 Å². The molecule has 174 valence electrons. The summed E-state index contributed by atoms with van der Waals surface area (Å²) in [7, 11) is 1.58. The number of anilines is 1. The Morgan fingerprint density at radius 2 is 1.85 bits per heavy atom. The summed E-state index contributed by atoms with van der Waals surface area (Å²) in [6.45, 7) is 8.41. The summed E-state index contributed by atoms with van der Waals surface area (Å²) in [4.78, 5) is 25.1. The number of methoxy groups -OCH3 is 1. The second kappa shape index (κ2) is 11.0. The summed E-state index contributed by atoms with van der Waals surface area (Å²) in [5.41, 5.74) is 3.44. The lowest BCUT2D eigenvalue weighted by atomic mass is 10.1. The molecule has 1 heterocycles. The first-order valence-corrected chi connectivity index (χ1v) is 11.7. The minimum absolute atomic E-state index is 0.109. The Balaban J connectivity index is 1.63. The Morgan fingerprint density at radius 3 is 2.52 bits per heavy atom. The molecule has 0 fully saturated rings. The van der Waals surface area contributed by atoms with E-state index in [9.17, 15) is 9.59 Å². The highest BCUT2D eigenvalue weighted by atomic mass is 32.2. The van der Waals surface area contributed by atoms with E-state index in [-0.39, 0.29) is 23.6 Å². The number of nitrogens with one attached hydrogen (secondary N) is 2. The van der Waals surface area contributed by atoms with Gasteiger partial charge in [-0.2, -0.15) is 0 Å². The predicted molar refractivity (Wildman–Crippen MR) is 130 cm³/mol. The average molecular weight is 468 g/mol. The molecular weight excluding hydrogens is 438 g/mol. The van der Waals surface area contributed by atoms with E-state index >= 15 is 0 Å². The van der Waals surface area contributed by atoms with Crippen molar-refractivity contribution in [3.8, 4) is 5.75 Å². The zero-order valence-electron chi connectivity index (χ0n) is 19.5. The van der Waals surface area contributed by atoms with Crippen molar-refractivity contribution in [3.05, 3.63) is 65.0 Å². The monoisotopic (exact) mass is 467 g/mol. The van der Waals surface area contributed by atoms with Gasteiger partial charge in [-0.15, -0.1) is 10.2 Å². The summed E-state index contributed by atoms with van der Waals surface area (Å²) in [5, 5.41) is 15.1. The van der Waals surface area contributed by atoms with Crippen molar-refractivity contribution in [2.45, 2.75) is 45.4 Å². The van der Waals surface area contributed by atoms with Gasteiger partial charge in [0.15, 0.2) is 11.0 Å². The number of hydrogen-bond donors (Lipinski definition) is 2. The molecule has 0 spiro atoms. The van der Waals surface area contributed by atoms with Crippen LogP contribution in [-0.2, 0) is 11.3 Å². The number of hydrogen-bond acceptors (Lipinski definition) is 6. The summed E-state index contributed by atoms with van der Waals surface area (Å²) < 4.78 is 7.04. The lowest BCUT2D eigenvalue weighted by Crippen LogP contribution is -2.28. The topological polar surface area (TPSA) is 98.1 Å².